The Bertz CT molecular complexity index is 3880. The summed E-state index contributed by atoms with van der Waals surface area (Å²) in [7, 11) is 0. The lowest BCUT2D eigenvalue weighted by Gasteiger charge is -2.20. The fourth-order valence-corrected chi connectivity index (χ4v) is 6.68. The van der Waals surface area contributed by atoms with Gasteiger partial charge in [-0.1, -0.05) is 176 Å². The maximum Gasteiger partial charge on any atom is 0.136 e. The quantitative estimate of drug-likeness (QED) is 0.167. The number of hydrogen-bond donors (Lipinski definition) is 0. The van der Waals surface area contributed by atoms with Gasteiger partial charge in [0.05, 0.1) is 26.0 Å². The molecule has 0 unspecified atom stereocenters. The second-order valence-electron chi connectivity index (χ2n) is 11.7. The lowest BCUT2D eigenvalue weighted by atomic mass is 9.83. The zero-order valence-corrected chi connectivity index (χ0v) is 26.4. The van der Waals surface area contributed by atoms with Crippen LogP contribution in [-0.4, -0.2) is 0 Å². The number of rotatable bonds is 5. The predicted molar refractivity (Wildman–Crippen MR) is 216 cm³/mol. The molecule has 9 aromatic carbocycles. The van der Waals surface area contributed by atoms with Gasteiger partial charge >= 0.3 is 0 Å². The highest BCUT2D eigenvalue weighted by Gasteiger charge is 2.21. The van der Waals surface area contributed by atoms with E-state index in [4.69, 9.17) is 19.5 Å². The number of furan rings is 1. The van der Waals surface area contributed by atoms with Gasteiger partial charge in [0.15, 0.2) is 0 Å². The van der Waals surface area contributed by atoms with E-state index in [9.17, 15) is 11.0 Å². The number of hydrogen-bond acceptors (Lipinski definition) is 1. The van der Waals surface area contributed by atoms with Crippen molar-refractivity contribution in [3.63, 3.8) is 0 Å². The maximum absolute atomic E-state index is 9.60. The summed E-state index contributed by atoms with van der Waals surface area (Å²) in [5.41, 5.74) is -1.80. The van der Waals surface area contributed by atoms with Crippen molar-refractivity contribution < 1.29 is 30.5 Å². The first-order valence-electron chi connectivity index (χ1n) is 25.5. The third-order valence-electron chi connectivity index (χ3n) is 8.88. The van der Waals surface area contributed by atoms with Crippen molar-refractivity contribution in [2.75, 3.05) is 0 Å². The van der Waals surface area contributed by atoms with Crippen LogP contribution < -0.4 is 0 Å². The Hall–Kier alpha value is -6.70. The Morgan fingerprint density at radius 3 is 1.55 bits per heavy atom. The summed E-state index contributed by atoms with van der Waals surface area (Å²) in [5, 5.41) is 1.35. The van der Waals surface area contributed by atoms with E-state index in [1.165, 1.54) is 0 Å². The molecule has 0 aliphatic heterocycles. The van der Waals surface area contributed by atoms with Crippen LogP contribution in [0.2, 0.25) is 0 Å². The standard InChI is InChI=1S/C50H32O/c1-3-14-33(15-4-1)35-26-28-36(29-27-35)38-18-7-8-19-39(38)48-40-20-9-11-22-42(40)49(43-23-12-10-21-41(43)48)44-24-13-25-47-50(44)45-32-37(30-31-46(45)51-47)34-16-5-2-6-17-34/h1-32H/i1D,3D,4D,7D,8D,13D,14D,15D,18D,19D,24D,25D,26D,27D,28D,29D,30D,31D,32D. The minimum absolute atomic E-state index is 0.0268. The maximum atomic E-state index is 9.60. The minimum Gasteiger partial charge on any atom is -0.456 e. The molecule has 0 atom stereocenters. The molecule has 1 aromatic heterocycles. The SMILES string of the molecule is [2H]c1c([2H])c([2H])c(-c2c([2H])c([2H])c(-c3c([2H])c([2H])c([2H])c([2H])c3-c3c4ccccc4c(-c4c([2H])c([2H])c([2H])c5oc6c([2H])c([2H])c(-c7ccccc7)c([2H])c6c45)c4ccccc34)c([2H])c2[2H])c([2H])c1[2H]. The minimum atomic E-state index is -0.834. The Labute approximate surface area is 323 Å². The first-order chi connectivity index (χ1) is 33.2. The van der Waals surface area contributed by atoms with E-state index in [-0.39, 0.29) is 67.9 Å². The summed E-state index contributed by atoms with van der Waals surface area (Å²) in [5.74, 6) is 0. The third-order valence-corrected chi connectivity index (χ3v) is 8.88. The molecule has 0 saturated carbocycles. The van der Waals surface area contributed by atoms with Crippen LogP contribution in [0.25, 0.3) is 99.1 Å². The summed E-state index contributed by atoms with van der Waals surface area (Å²) in [6.07, 6.45) is 0. The van der Waals surface area contributed by atoms with Crippen LogP contribution in [0.15, 0.2) is 198 Å². The van der Waals surface area contributed by atoms with E-state index in [0.717, 1.165) is 0 Å². The van der Waals surface area contributed by atoms with Crippen molar-refractivity contribution in [3.8, 4) is 55.6 Å². The summed E-state index contributed by atoms with van der Waals surface area (Å²) in [6, 6.07) is 9.60. The highest BCUT2D eigenvalue weighted by molar-refractivity contribution is 6.26. The highest BCUT2D eigenvalue weighted by Crippen LogP contribution is 2.48. The van der Waals surface area contributed by atoms with Crippen molar-refractivity contribution in [3.05, 3.63) is 194 Å². The van der Waals surface area contributed by atoms with E-state index in [1.807, 2.05) is 0 Å². The molecule has 0 saturated heterocycles. The smallest absolute Gasteiger partial charge is 0.136 e. The van der Waals surface area contributed by atoms with Gasteiger partial charge in [-0.15, -0.1) is 0 Å². The van der Waals surface area contributed by atoms with Gasteiger partial charge in [0.25, 0.3) is 0 Å². The largest absolute Gasteiger partial charge is 0.456 e. The zero-order chi connectivity index (χ0) is 50.3. The van der Waals surface area contributed by atoms with E-state index < -0.39 is 119 Å². The molecule has 1 heterocycles. The molecule has 0 radical (unpaired) electrons. The van der Waals surface area contributed by atoms with Crippen molar-refractivity contribution in [2.45, 2.75) is 0 Å². The lowest BCUT2D eigenvalue weighted by molar-refractivity contribution is 0.669. The molecule has 0 aliphatic rings. The van der Waals surface area contributed by atoms with Gasteiger partial charge in [-0.2, -0.15) is 0 Å². The van der Waals surface area contributed by atoms with Crippen LogP contribution in [-0.2, 0) is 0 Å². The molecule has 51 heavy (non-hydrogen) atoms. The van der Waals surface area contributed by atoms with E-state index in [0.29, 0.717) is 27.1 Å². The van der Waals surface area contributed by atoms with E-state index >= 15 is 0 Å². The molecule has 0 N–H and O–H groups in total. The van der Waals surface area contributed by atoms with Crippen molar-refractivity contribution in [1.82, 2.24) is 0 Å². The van der Waals surface area contributed by atoms with Gasteiger partial charge in [0.1, 0.15) is 11.2 Å². The van der Waals surface area contributed by atoms with Gasteiger partial charge < -0.3 is 4.42 Å². The molecule has 238 valence electrons. The second-order valence-corrected chi connectivity index (χ2v) is 11.7. The molecule has 0 bridgehead atoms. The van der Waals surface area contributed by atoms with E-state index in [1.54, 1.807) is 78.9 Å². The molecule has 0 spiro atoms. The Morgan fingerprint density at radius 2 is 0.863 bits per heavy atom. The van der Waals surface area contributed by atoms with Crippen LogP contribution in [0.4, 0.5) is 0 Å². The van der Waals surface area contributed by atoms with Gasteiger partial charge in [0.2, 0.25) is 0 Å². The highest BCUT2D eigenvalue weighted by atomic mass is 16.3. The second kappa shape index (κ2) is 12.0. The zero-order valence-electron chi connectivity index (χ0n) is 45.4. The first-order valence-corrected chi connectivity index (χ1v) is 16.0. The van der Waals surface area contributed by atoms with Gasteiger partial charge in [-0.3, -0.25) is 0 Å². The van der Waals surface area contributed by atoms with Gasteiger partial charge in [-0.05, 0) is 95.3 Å². The van der Waals surface area contributed by atoms with Crippen LogP contribution in [0.3, 0.4) is 0 Å². The van der Waals surface area contributed by atoms with E-state index in [2.05, 4.69) is 0 Å². The topological polar surface area (TPSA) is 13.1 Å². The molecule has 1 nitrogen and oxygen atoms in total. The normalized spacial score (nSPS) is 16.7. The summed E-state index contributed by atoms with van der Waals surface area (Å²) in [4.78, 5) is 0. The van der Waals surface area contributed by atoms with Crippen LogP contribution in [0.1, 0.15) is 26.0 Å². The molecular formula is C50H32O. The van der Waals surface area contributed by atoms with Gasteiger partial charge in [0, 0.05) is 10.8 Å². The Balaban J connectivity index is 1.37. The molecule has 10 rings (SSSR count). The molecular weight excluding hydrogens is 617 g/mol. The summed E-state index contributed by atoms with van der Waals surface area (Å²) < 4.78 is 177. The van der Waals surface area contributed by atoms with Gasteiger partial charge in [-0.25, -0.2) is 0 Å². The third kappa shape index (κ3) is 4.86. The molecule has 0 aliphatic carbocycles. The first kappa shape index (κ1) is 15.9. The predicted octanol–water partition coefficient (Wildman–Crippen LogP) is 14.2. The summed E-state index contributed by atoms with van der Waals surface area (Å²) in [6.45, 7) is 0. The molecule has 1 heteroatoms. The molecule has 0 fully saturated rings. The molecule has 0 amide bonds. The van der Waals surface area contributed by atoms with Crippen LogP contribution >= 0.6 is 0 Å². The van der Waals surface area contributed by atoms with Crippen LogP contribution in [0.5, 0.6) is 0 Å². The lowest BCUT2D eigenvalue weighted by Crippen LogP contribution is -1.93. The van der Waals surface area contributed by atoms with Crippen molar-refractivity contribution in [2.24, 2.45) is 0 Å². The fraction of sp³-hybridized carbons (Fsp3) is 0. The Kier molecular flexibility index (Phi) is 3.74. The average molecular weight is 668 g/mol. The number of fused-ring (bicyclic) bond motifs is 5. The average Bonchev–Trinajstić information content (AvgIpc) is 3.76. The summed E-state index contributed by atoms with van der Waals surface area (Å²) >= 11 is 0. The monoisotopic (exact) mass is 667 g/mol. The fourth-order valence-electron chi connectivity index (χ4n) is 6.68. The van der Waals surface area contributed by atoms with Crippen molar-refractivity contribution >= 4 is 43.5 Å². The molecule has 10 aromatic rings. The Morgan fingerprint density at radius 1 is 0.333 bits per heavy atom. The van der Waals surface area contributed by atoms with Crippen LogP contribution in [0, 0.1) is 0 Å². The number of benzene rings is 9. The van der Waals surface area contributed by atoms with Crippen molar-refractivity contribution in [1.29, 1.82) is 0 Å².